The Bertz CT molecular complexity index is 301. The van der Waals surface area contributed by atoms with Crippen LogP contribution in [0.5, 0.6) is 0 Å². The lowest BCUT2D eigenvalue weighted by Gasteiger charge is -2.19. The highest BCUT2D eigenvalue weighted by Crippen LogP contribution is 2.17. The van der Waals surface area contributed by atoms with E-state index in [9.17, 15) is 5.11 Å². The molecule has 0 bridgehead atoms. The maximum atomic E-state index is 9.18. The minimum absolute atomic E-state index is 0.235. The zero-order valence-corrected chi connectivity index (χ0v) is 10.8. The molecule has 84 valence electrons. The van der Waals surface area contributed by atoms with Gasteiger partial charge in [0.1, 0.15) is 0 Å². The number of halogens is 1. The molecule has 0 aliphatic heterocycles. The highest BCUT2D eigenvalue weighted by atomic mass is 79.9. The summed E-state index contributed by atoms with van der Waals surface area (Å²) >= 11 is 3.43. The van der Waals surface area contributed by atoms with Crippen LogP contribution in [-0.4, -0.2) is 18.3 Å². The van der Waals surface area contributed by atoms with Crippen molar-refractivity contribution in [2.24, 2.45) is 11.8 Å². The van der Waals surface area contributed by atoms with Crippen molar-refractivity contribution in [2.45, 2.75) is 13.8 Å². The molecule has 1 atom stereocenters. The van der Waals surface area contributed by atoms with Crippen molar-refractivity contribution in [3.8, 4) is 0 Å². The number of hydrogen-bond donors (Lipinski definition) is 2. The summed E-state index contributed by atoms with van der Waals surface area (Å²) in [6, 6.07) is 8.06. The van der Waals surface area contributed by atoms with Crippen LogP contribution in [0, 0.1) is 11.8 Å². The lowest BCUT2D eigenvalue weighted by atomic mass is 9.97. The average molecular weight is 272 g/mol. The zero-order chi connectivity index (χ0) is 11.3. The van der Waals surface area contributed by atoms with Gasteiger partial charge in [0.2, 0.25) is 0 Å². The molecule has 0 heterocycles. The summed E-state index contributed by atoms with van der Waals surface area (Å²) in [5, 5.41) is 12.5. The smallest absolute Gasteiger partial charge is 0.0478 e. The zero-order valence-electron chi connectivity index (χ0n) is 9.20. The van der Waals surface area contributed by atoms with Crippen LogP contribution in [0.15, 0.2) is 28.7 Å². The van der Waals surface area contributed by atoms with Gasteiger partial charge in [-0.15, -0.1) is 0 Å². The van der Waals surface area contributed by atoms with E-state index in [1.165, 1.54) is 0 Å². The van der Waals surface area contributed by atoms with Gasteiger partial charge in [-0.2, -0.15) is 0 Å². The molecule has 0 aromatic heterocycles. The van der Waals surface area contributed by atoms with Gasteiger partial charge in [-0.3, -0.25) is 0 Å². The van der Waals surface area contributed by atoms with Gasteiger partial charge < -0.3 is 10.4 Å². The van der Waals surface area contributed by atoms with E-state index in [0.717, 1.165) is 16.7 Å². The lowest BCUT2D eigenvalue weighted by Crippen LogP contribution is -2.22. The summed E-state index contributed by atoms with van der Waals surface area (Å²) in [6.07, 6.45) is 0. The van der Waals surface area contributed by atoms with Crippen molar-refractivity contribution in [1.82, 2.24) is 0 Å². The van der Waals surface area contributed by atoms with Crippen LogP contribution in [0.2, 0.25) is 0 Å². The Hall–Kier alpha value is -0.540. The summed E-state index contributed by atoms with van der Waals surface area (Å²) in [5.41, 5.74) is 1.09. The van der Waals surface area contributed by atoms with E-state index in [4.69, 9.17) is 0 Å². The van der Waals surface area contributed by atoms with E-state index < -0.39 is 0 Å². The monoisotopic (exact) mass is 271 g/mol. The summed E-state index contributed by atoms with van der Waals surface area (Å²) in [6.45, 7) is 5.30. The van der Waals surface area contributed by atoms with Crippen LogP contribution in [0.3, 0.4) is 0 Å². The Morgan fingerprint density at radius 2 is 2.13 bits per heavy atom. The van der Waals surface area contributed by atoms with Gasteiger partial charge in [-0.25, -0.2) is 0 Å². The molecule has 2 nitrogen and oxygen atoms in total. The van der Waals surface area contributed by atoms with Crippen LogP contribution >= 0.6 is 15.9 Å². The SMILES string of the molecule is CC(C)C(CO)CNc1cccc(Br)c1. The molecule has 1 rings (SSSR count). The van der Waals surface area contributed by atoms with Crippen LogP contribution in [0.1, 0.15) is 13.8 Å². The highest BCUT2D eigenvalue weighted by Gasteiger charge is 2.11. The first kappa shape index (κ1) is 12.5. The minimum Gasteiger partial charge on any atom is -0.396 e. The standard InChI is InChI=1S/C12H18BrNO/c1-9(2)10(8-15)7-14-12-5-3-4-11(13)6-12/h3-6,9-10,14-15H,7-8H2,1-2H3. The third kappa shape index (κ3) is 4.22. The lowest BCUT2D eigenvalue weighted by molar-refractivity contribution is 0.198. The average Bonchev–Trinajstić information content (AvgIpc) is 2.18. The molecule has 15 heavy (non-hydrogen) atoms. The molecule has 1 aromatic carbocycles. The molecule has 0 spiro atoms. The maximum Gasteiger partial charge on any atom is 0.0478 e. The molecule has 0 saturated carbocycles. The van der Waals surface area contributed by atoms with E-state index in [2.05, 4.69) is 35.1 Å². The topological polar surface area (TPSA) is 32.3 Å². The van der Waals surface area contributed by atoms with Gasteiger partial charge in [0.05, 0.1) is 0 Å². The van der Waals surface area contributed by atoms with Crippen molar-refractivity contribution in [2.75, 3.05) is 18.5 Å². The quantitative estimate of drug-likeness (QED) is 0.863. The molecule has 0 amide bonds. The van der Waals surface area contributed by atoms with E-state index in [-0.39, 0.29) is 6.61 Å². The summed E-state index contributed by atoms with van der Waals surface area (Å²) in [7, 11) is 0. The number of rotatable bonds is 5. The van der Waals surface area contributed by atoms with E-state index in [0.29, 0.717) is 11.8 Å². The Labute approximate surface area is 99.8 Å². The Balaban J connectivity index is 2.49. The van der Waals surface area contributed by atoms with Gasteiger partial charge in [0.15, 0.2) is 0 Å². The second-order valence-electron chi connectivity index (χ2n) is 4.08. The number of aliphatic hydroxyl groups excluding tert-OH is 1. The minimum atomic E-state index is 0.235. The van der Waals surface area contributed by atoms with Gasteiger partial charge in [0, 0.05) is 29.2 Å². The van der Waals surface area contributed by atoms with Gasteiger partial charge in [0.25, 0.3) is 0 Å². The van der Waals surface area contributed by atoms with Gasteiger partial charge in [-0.05, 0) is 24.1 Å². The Morgan fingerprint density at radius 3 is 2.67 bits per heavy atom. The molecule has 2 N–H and O–H groups in total. The first-order chi connectivity index (χ1) is 7.13. The van der Waals surface area contributed by atoms with Gasteiger partial charge in [-0.1, -0.05) is 35.8 Å². The van der Waals surface area contributed by atoms with Gasteiger partial charge >= 0.3 is 0 Å². The van der Waals surface area contributed by atoms with Crippen LogP contribution < -0.4 is 5.32 Å². The van der Waals surface area contributed by atoms with Crippen molar-refractivity contribution in [3.63, 3.8) is 0 Å². The van der Waals surface area contributed by atoms with Crippen LogP contribution in [0.25, 0.3) is 0 Å². The Morgan fingerprint density at radius 1 is 1.40 bits per heavy atom. The fraction of sp³-hybridized carbons (Fsp3) is 0.500. The summed E-state index contributed by atoms with van der Waals surface area (Å²) in [5.74, 6) is 0.804. The molecule has 1 unspecified atom stereocenters. The predicted molar refractivity (Wildman–Crippen MR) is 68.0 cm³/mol. The second-order valence-corrected chi connectivity index (χ2v) is 4.99. The molecule has 0 saturated heterocycles. The molecule has 0 fully saturated rings. The fourth-order valence-corrected chi connectivity index (χ4v) is 1.76. The van der Waals surface area contributed by atoms with Crippen molar-refractivity contribution in [3.05, 3.63) is 28.7 Å². The third-order valence-electron chi connectivity index (χ3n) is 2.57. The third-order valence-corrected chi connectivity index (χ3v) is 3.06. The van der Waals surface area contributed by atoms with Crippen molar-refractivity contribution >= 4 is 21.6 Å². The molecule has 1 aromatic rings. The Kier molecular flexibility index (Phi) is 5.12. The number of aliphatic hydroxyl groups is 1. The predicted octanol–water partition coefficient (Wildman–Crippen LogP) is 3.13. The molecular weight excluding hydrogens is 254 g/mol. The first-order valence-corrected chi connectivity index (χ1v) is 6.03. The summed E-state index contributed by atoms with van der Waals surface area (Å²) in [4.78, 5) is 0. The molecule has 0 aliphatic rings. The summed E-state index contributed by atoms with van der Waals surface area (Å²) < 4.78 is 1.07. The highest BCUT2D eigenvalue weighted by molar-refractivity contribution is 9.10. The molecular formula is C12H18BrNO. The molecule has 0 aliphatic carbocycles. The van der Waals surface area contributed by atoms with Crippen LogP contribution in [0.4, 0.5) is 5.69 Å². The van der Waals surface area contributed by atoms with Crippen molar-refractivity contribution < 1.29 is 5.11 Å². The van der Waals surface area contributed by atoms with E-state index >= 15 is 0 Å². The largest absolute Gasteiger partial charge is 0.396 e. The molecule has 3 heteroatoms. The number of benzene rings is 1. The fourth-order valence-electron chi connectivity index (χ4n) is 1.36. The van der Waals surface area contributed by atoms with Crippen LogP contribution in [-0.2, 0) is 0 Å². The van der Waals surface area contributed by atoms with Crippen molar-refractivity contribution in [1.29, 1.82) is 0 Å². The van der Waals surface area contributed by atoms with E-state index in [1.807, 2.05) is 24.3 Å². The molecule has 0 radical (unpaired) electrons. The number of hydrogen-bond acceptors (Lipinski definition) is 2. The van der Waals surface area contributed by atoms with E-state index in [1.54, 1.807) is 0 Å². The second kappa shape index (κ2) is 6.13. The normalized spacial score (nSPS) is 12.9. The first-order valence-electron chi connectivity index (χ1n) is 5.23. The number of anilines is 1. The number of nitrogens with one attached hydrogen (secondary N) is 1. The maximum absolute atomic E-state index is 9.18.